The standard InChI is InChI=1S/C12H19N3O/c1-12(2)7-9(4-6-16-12)15-11-3-5-14-8-10(11)13/h3,5,8-9H,4,6-7,13H2,1-2H3,(H,14,15). The Morgan fingerprint density at radius 2 is 2.38 bits per heavy atom. The minimum Gasteiger partial charge on any atom is -0.396 e. The molecule has 1 fully saturated rings. The van der Waals surface area contributed by atoms with Crippen LogP contribution in [0.5, 0.6) is 0 Å². The Morgan fingerprint density at radius 3 is 3.06 bits per heavy atom. The molecule has 1 aromatic heterocycles. The van der Waals surface area contributed by atoms with Crippen molar-refractivity contribution in [1.29, 1.82) is 0 Å². The molecule has 0 amide bonds. The van der Waals surface area contributed by atoms with Crippen LogP contribution in [0.2, 0.25) is 0 Å². The van der Waals surface area contributed by atoms with Crippen molar-refractivity contribution in [2.45, 2.75) is 38.3 Å². The van der Waals surface area contributed by atoms with Gasteiger partial charge in [-0.3, -0.25) is 4.98 Å². The van der Waals surface area contributed by atoms with Gasteiger partial charge in [0.1, 0.15) is 0 Å². The first-order chi connectivity index (χ1) is 7.57. The van der Waals surface area contributed by atoms with Crippen molar-refractivity contribution in [1.82, 2.24) is 4.98 Å². The van der Waals surface area contributed by atoms with Crippen LogP contribution in [0.1, 0.15) is 26.7 Å². The van der Waals surface area contributed by atoms with Gasteiger partial charge in [-0.15, -0.1) is 0 Å². The van der Waals surface area contributed by atoms with E-state index in [4.69, 9.17) is 10.5 Å². The topological polar surface area (TPSA) is 60.2 Å². The minimum atomic E-state index is -0.0439. The number of rotatable bonds is 2. The normalized spacial score (nSPS) is 24.0. The zero-order valence-corrected chi connectivity index (χ0v) is 9.86. The SMILES string of the molecule is CC1(C)CC(Nc2ccncc2N)CCO1. The van der Waals surface area contributed by atoms with Gasteiger partial charge in [-0.05, 0) is 32.8 Å². The number of nitrogen functional groups attached to an aromatic ring is 1. The fourth-order valence-corrected chi connectivity index (χ4v) is 2.11. The smallest absolute Gasteiger partial charge is 0.0736 e. The van der Waals surface area contributed by atoms with Gasteiger partial charge in [-0.1, -0.05) is 0 Å². The van der Waals surface area contributed by atoms with Crippen molar-refractivity contribution >= 4 is 11.4 Å². The van der Waals surface area contributed by atoms with E-state index in [1.165, 1.54) is 0 Å². The van der Waals surface area contributed by atoms with Gasteiger partial charge >= 0.3 is 0 Å². The second-order valence-electron chi connectivity index (χ2n) is 4.91. The first-order valence-electron chi connectivity index (χ1n) is 5.67. The van der Waals surface area contributed by atoms with E-state index in [1.807, 2.05) is 6.07 Å². The largest absolute Gasteiger partial charge is 0.396 e. The zero-order chi connectivity index (χ0) is 11.6. The second kappa shape index (κ2) is 4.29. The van der Waals surface area contributed by atoms with Gasteiger partial charge in [0.15, 0.2) is 0 Å². The van der Waals surface area contributed by atoms with E-state index in [0.29, 0.717) is 11.7 Å². The molecule has 1 aromatic rings. The molecule has 2 heterocycles. The molecule has 0 aromatic carbocycles. The molecule has 0 radical (unpaired) electrons. The molecule has 3 N–H and O–H groups in total. The summed E-state index contributed by atoms with van der Waals surface area (Å²) in [6.45, 7) is 5.04. The van der Waals surface area contributed by atoms with E-state index in [0.717, 1.165) is 25.1 Å². The molecule has 88 valence electrons. The molecule has 0 bridgehead atoms. The number of nitrogens with zero attached hydrogens (tertiary/aromatic N) is 1. The number of aromatic nitrogens is 1. The average molecular weight is 221 g/mol. The third kappa shape index (κ3) is 2.64. The van der Waals surface area contributed by atoms with Gasteiger partial charge in [0.25, 0.3) is 0 Å². The van der Waals surface area contributed by atoms with Gasteiger partial charge in [0.2, 0.25) is 0 Å². The highest BCUT2D eigenvalue weighted by molar-refractivity contribution is 5.64. The Labute approximate surface area is 96.2 Å². The molecule has 1 aliphatic rings. The van der Waals surface area contributed by atoms with E-state index in [9.17, 15) is 0 Å². The van der Waals surface area contributed by atoms with Crippen molar-refractivity contribution in [3.05, 3.63) is 18.5 Å². The fraction of sp³-hybridized carbons (Fsp3) is 0.583. The summed E-state index contributed by atoms with van der Waals surface area (Å²) < 4.78 is 5.68. The molecule has 1 aliphatic heterocycles. The van der Waals surface area contributed by atoms with Crippen molar-refractivity contribution in [3.8, 4) is 0 Å². The summed E-state index contributed by atoms with van der Waals surface area (Å²) in [6, 6.07) is 2.34. The summed E-state index contributed by atoms with van der Waals surface area (Å²) in [5.41, 5.74) is 7.48. The van der Waals surface area contributed by atoms with Crippen molar-refractivity contribution in [2.24, 2.45) is 0 Å². The van der Waals surface area contributed by atoms with Crippen LogP contribution in [-0.4, -0.2) is 23.2 Å². The van der Waals surface area contributed by atoms with Gasteiger partial charge in [-0.2, -0.15) is 0 Å². The Hall–Kier alpha value is -1.29. The quantitative estimate of drug-likeness (QED) is 0.802. The molecule has 16 heavy (non-hydrogen) atoms. The maximum atomic E-state index is 5.85. The van der Waals surface area contributed by atoms with E-state index in [1.54, 1.807) is 12.4 Å². The minimum absolute atomic E-state index is 0.0439. The van der Waals surface area contributed by atoms with Crippen molar-refractivity contribution in [2.75, 3.05) is 17.7 Å². The zero-order valence-electron chi connectivity index (χ0n) is 9.86. The Bertz CT molecular complexity index is 365. The highest BCUT2D eigenvalue weighted by atomic mass is 16.5. The predicted octanol–water partition coefficient (Wildman–Crippen LogP) is 2.03. The number of pyridine rings is 1. The first-order valence-corrected chi connectivity index (χ1v) is 5.67. The predicted molar refractivity (Wildman–Crippen MR) is 65.3 cm³/mol. The van der Waals surface area contributed by atoms with Crippen LogP contribution < -0.4 is 11.1 Å². The van der Waals surface area contributed by atoms with Gasteiger partial charge in [-0.25, -0.2) is 0 Å². The molecular formula is C12H19N3O. The number of nitrogens with one attached hydrogen (secondary N) is 1. The lowest BCUT2D eigenvalue weighted by atomic mass is 9.94. The molecule has 1 saturated heterocycles. The summed E-state index contributed by atoms with van der Waals surface area (Å²) in [5, 5.41) is 3.46. The molecule has 0 saturated carbocycles. The molecule has 0 spiro atoms. The third-order valence-electron chi connectivity index (χ3n) is 2.91. The van der Waals surface area contributed by atoms with Crippen LogP contribution in [0.15, 0.2) is 18.5 Å². The number of hydrogen-bond acceptors (Lipinski definition) is 4. The lowest BCUT2D eigenvalue weighted by Crippen LogP contribution is -2.40. The van der Waals surface area contributed by atoms with Gasteiger partial charge < -0.3 is 15.8 Å². The van der Waals surface area contributed by atoms with E-state index in [-0.39, 0.29) is 5.60 Å². The molecule has 1 atom stereocenters. The monoisotopic (exact) mass is 221 g/mol. The molecule has 2 rings (SSSR count). The van der Waals surface area contributed by atoms with Crippen molar-refractivity contribution in [3.63, 3.8) is 0 Å². The summed E-state index contributed by atoms with van der Waals surface area (Å²) in [6.07, 6.45) is 5.44. The Morgan fingerprint density at radius 1 is 1.56 bits per heavy atom. The summed E-state index contributed by atoms with van der Waals surface area (Å²) >= 11 is 0. The average Bonchev–Trinajstić information content (AvgIpc) is 2.20. The van der Waals surface area contributed by atoms with Gasteiger partial charge in [0.05, 0.1) is 23.2 Å². The fourth-order valence-electron chi connectivity index (χ4n) is 2.11. The lowest BCUT2D eigenvalue weighted by molar-refractivity contribution is -0.0553. The van der Waals surface area contributed by atoms with Crippen LogP contribution in [0.25, 0.3) is 0 Å². The lowest BCUT2D eigenvalue weighted by Gasteiger charge is -2.36. The summed E-state index contributed by atoms with van der Waals surface area (Å²) in [4.78, 5) is 3.98. The highest BCUT2D eigenvalue weighted by Crippen LogP contribution is 2.27. The van der Waals surface area contributed by atoms with Crippen LogP contribution in [0.4, 0.5) is 11.4 Å². The van der Waals surface area contributed by atoms with Crippen molar-refractivity contribution < 1.29 is 4.74 Å². The van der Waals surface area contributed by atoms with Crippen LogP contribution in [0.3, 0.4) is 0 Å². The number of ether oxygens (including phenoxy) is 1. The Balaban J connectivity index is 2.02. The number of nitrogens with two attached hydrogens (primary N) is 1. The van der Waals surface area contributed by atoms with Crippen LogP contribution >= 0.6 is 0 Å². The van der Waals surface area contributed by atoms with Crippen LogP contribution in [0, 0.1) is 0 Å². The van der Waals surface area contributed by atoms with E-state index >= 15 is 0 Å². The summed E-state index contributed by atoms with van der Waals surface area (Å²) in [5.74, 6) is 0. The second-order valence-corrected chi connectivity index (χ2v) is 4.91. The Kier molecular flexibility index (Phi) is 3.01. The van der Waals surface area contributed by atoms with Gasteiger partial charge in [0, 0.05) is 18.8 Å². The maximum Gasteiger partial charge on any atom is 0.0736 e. The summed E-state index contributed by atoms with van der Waals surface area (Å²) in [7, 11) is 0. The molecule has 1 unspecified atom stereocenters. The maximum absolute atomic E-state index is 5.85. The molecule has 4 nitrogen and oxygen atoms in total. The third-order valence-corrected chi connectivity index (χ3v) is 2.91. The first kappa shape index (κ1) is 11.2. The van der Waals surface area contributed by atoms with E-state index in [2.05, 4.69) is 24.1 Å². The van der Waals surface area contributed by atoms with E-state index < -0.39 is 0 Å². The van der Waals surface area contributed by atoms with Crippen LogP contribution in [-0.2, 0) is 4.74 Å². The highest BCUT2D eigenvalue weighted by Gasteiger charge is 2.28. The number of hydrogen-bond donors (Lipinski definition) is 2. The molecule has 0 aliphatic carbocycles. The molecule has 4 heteroatoms. The number of anilines is 2. The molecular weight excluding hydrogens is 202 g/mol.